The number of allylic oxidation sites excluding steroid dienone is 1. The number of benzene rings is 1. The van der Waals surface area contributed by atoms with Crippen molar-refractivity contribution >= 4 is 23.6 Å². The molecule has 1 atom stereocenters. The number of ether oxygens (including phenoxy) is 1. The van der Waals surface area contributed by atoms with Gasteiger partial charge < -0.3 is 15.4 Å². The molecule has 1 heterocycles. The molecular formula is C19H23ClN2O3. The Morgan fingerprint density at radius 2 is 1.88 bits per heavy atom. The third-order valence-electron chi connectivity index (χ3n) is 4.87. The van der Waals surface area contributed by atoms with Crippen molar-refractivity contribution in [3.05, 3.63) is 46.1 Å². The molecule has 1 aliphatic heterocycles. The lowest BCUT2D eigenvalue weighted by Gasteiger charge is -2.29. The van der Waals surface area contributed by atoms with Crippen LogP contribution in [-0.2, 0) is 9.53 Å². The molecule has 134 valence electrons. The predicted octanol–water partition coefficient (Wildman–Crippen LogP) is 4.09. The third kappa shape index (κ3) is 4.34. The average Bonchev–Trinajstić information content (AvgIpc) is 2.60. The normalized spacial score (nSPS) is 21.5. The Balaban J connectivity index is 1.76. The van der Waals surface area contributed by atoms with Crippen LogP contribution >= 0.6 is 11.6 Å². The van der Waals surface area contributed by atoms with E-state index < -0.39 is 6.04 Å². The van der Waals surface area contributed by atoms with E-state index in [1.807, 2.05) is 0 Å². The molecule has 1 aromatic carbocycles. The molecule has 2 aliphatic rings. The van der Waals surface area contributed by atoms with Crippen molar-refractivity contribution in [1.29, 1.82) is 0 Å². The number of halogens is 1. The molecular weight excluding hydrogens is 340 g/mol. The summed E-state index contributed by atoms with van der Waals surface area (Å²) >= 11 is 5.94. The van der Waals surface area contributed by atoms with Gasteiger partial charge in [0.1, 0.15) is 0 Å². The summed E-state index contributed by atoms with van der Waals surface area (Å²) in [5.41, 5.74) is 1.76. The number of esters is 1. The van der Waals surface area contributed by atoms with Crippen molar-refractivity contribution in [1.82, 2.24) is 10.6 Å². The van der Waals surface area contributed by atoms with E-state index in [1.54, 1.807) is 31.2 Å². The van der Waals surface area contributed by atoms with Gasteiger partial charge in [-0.15, -0.1) is 0 Å². The first-order chi connectivity index (χ1) is 12.0. The highest BCUT2D eigenvalue weighted by Gasteiger charge is 2.32. The van der Waals surface area contributed by atoms with E-state index in [-0.39, 0.29) is 12.0 Å². The van der Waals surface area contributed by atoms with Gasteiger partial charge in [-0.3, -0.25) is 0 Å². The summed E-state index contributed by atoms with van der Waals surface area (Å²) in [5.74, 6) is 0.0641. The Morgan fingerprint density at radius 1 is 1.20 bits per heavy atom. The van der Waals surface area contributed by atoms with Gasteiger partial charge in [0.15, 0.2) is 0 Å². The molecule has 2 amide bonds. The fraction of sp³-hybridized carbons (Fsp3) is 0.474. The second-order valence-electron chi connectivity index (χ2n) is 6.72. The van der Waals surface area contributed by atoms with E-state index in [0.29, 0.717) is 28.8 Å². The van der Waals surface area contributed by atoms with Crippen LogP contribution in [0.4, 0.5) is 4.79 Å². The van der Waals surface area contributed by atoms with E-state index >= 15 is 0 Å². The number of hydrogen-bond acceptors (Lipinski definition) is 3. The molecule has 0 spiro atoms. The molecule has 25 heavy (non-hydrogen) atoms. The Bertz CT molecular complexity index is 678. The quantitative estimate of drug-likeness (QED) is 0.792. The molecule has 5 nitrogen and oxygen atoms in total. The van der Waals surface area contributed by atoms with Gasteiger partial charge in [0.25, 0.3) is 0 Å². The number of amides is 2. The van der Waals surface area contributed by atoms with E-state index in [4.69, 9.17) is 16.3 Å². The average molecular weight is 363 g/mol. The van der Waals surface area contributed by atoms with Crippen molar-refractivity contribution < 1.29 is 14.3 Å². The van der Waals surface area contributed by atoms with Gasteiger partial charge in [-0.25, -0.2) is 9.59 Å². The third-order valence-corrected chi connectivity index (χ3v) is 5.12. The number of hydrogen-bond donors (Lipinski definition) is 2. The predicted molar refractivity (Wildman–Crippen MR) is 96.1 cm³/mol. The van der Waals surface area contributed by atoms with Gasteiger partial charge >= 0.3 is 12.0 Å². The van der Waals surface area contributed by atoms with Crippen LogP contribution in [0.5, 0.6) is 0 Å². The minimum atomic E-state index is -0.537. The van der Waals surface area contributed by atoms with Crippen molar-refractivity contribution in [3.8, 4) is 0 Å². The van der Waals surface area contributed by atoms with Crippen LogP contribution < -0.4 is 10.6 Å². The van der Waals surface area contributed by atoms with Crippen molar-refractivity contribution in [3.63, 3.8) is 0 Å². The zero-order valence-electron chi connectivity index (χ0n) is 14.3. The van der Waals surface area contributed by atoms with E-state index in [0.717, 1.165) is 18.4 Å². The molecule has 0 radical (unpaired) electrons. The maximum atomic E-state index is 12.7. The fourth-order valence-corrected chi connectivity index (χ4v) is 3.62. The van der Waals surface area contributed by atoms with Gasteiger partial charge in [-0.2, -0.15) is 0 Å². The second kappa shape index (κ2) is 7.91. The van der Waals surface area contributed by atoms with Crippen LogP contribution in [0.15, 0.2) is 35.5 Å². The highest BCUT2D eigenvalue weighted by molar-refractivity contribution is 6.30. The topological polar surface area (TPSA) is 67.4 Å². The molecule has 0 aromatic heterocycles. The van der Waals surface area contributed by atoms with E-state index in [1.165, 1.54) is 19.3 Å². The van der Waals surface area contributed by atoms with Crippen LogP contribution in [0.25, 0.3) is 0 Å². The highest BCUT2D eigenvalue weighted by Crippen LogP contribution is 2.29. The number of rotatable bonds is 4. The molecule has 6 heteroatoms. The van der Waals surface area contributed by atoms with Crippen molar-refractivity contribution in [2.24, 2.45) is 5.92 Å². The van der Waals surface area contributed by atoms with Crippen LogP contribution in [0.2, 0.25) is 5.02 Å². The van der Waals surface area contributed by atoms with E-state index in [9.17, 15) is 9.59 Å². The maximum absolute atomic E-state index is 12.7. The van der Waals surface area contributed by atoms with E-state index in [2.05, 4.69) is 10.6 Å². The first kappa shape index (κ1) is 17.8. The summed E-state index contributed by atoms with van der Waals surface area (Å²) in [5, 5.41) is 6.06. The van der Waals surface area contributed by atoms with Crippen LogP contribution in [0.1, 0.15) is 50.6 Å². The Morgan fingerprint density at radius 3 is 2.56 bits per heavy atom. The lowest BCUT2D eigenvalue weighted by molar-refractivity contribution is -0.141. The summed E-state index contributed by atoms with van der Waals surface area (Å²) < 4.78 is 5.59. The zero-order chi connectivity index (χ0) is 17.8. The van der Waals surface area contributed by atoms with Crippen molar-refractivity contribution in [2.45, 2.75) is 45.1 Å². The highest BCUT2D eigenvalue weighted by atomic mass is 35.5. The molecule has 0 unspecified atom stereocenters. The van der Waals surface area contributed by atoms with Gasteiger partial charge in [0.2, 0.25) is 0 Å². The zero-order valence-corrected chi connectivity index (χ0v) is 15.1. The van der Waals surface area contributed by atoms with Gasteiger partial charge in [-0.1, -0.05) is 43.0 Å². The Labute approximate surface area is 152 Å². The summed E-state index contributed by atoms with van der Waals surface area (Å²) in [4.78, 5) is 24.6. The Hall–Kier alpha value is -2.01. The van der Waals surface area contributed by atoms with Crippen LogP contribution in [0, 0.1) is 5.92 Å². The largest absolute Gasteiger partial charge is 0.462 e. The summed E-state index contributed by atoms with van der Waals surface area (Å²) in [6.45, 7) is 2.16. The molecule has 0 bridgehead atoms. The fourth-order valence-electron chi connectivity index (χ4n) is 3.49. The minimum absolute atomic E-state index is 0.332. The summed E-state index contributed by atoms with van der Waals surface area (Å²) in [6, 6.07) is 6.23. The van der Waals surface area contributed by atoms with Crippen molar-refractivity contribution in [2.75, 3.05) is 6.61 Å². The molecule has 3 rings (SSSR count). The smallest absolute Gasteiger partial charge is 0.338 e. The molecule has 0 saturated heterocycles. The molecule has 1 fully saturated rings. The molecule has 1 aliphatic carbocycles. The molecule has 2 N–H and O–H groups in total. The SMILES string of the molecule is CC1=C(C(=O)OCC2CCCCC2)[C@H](c2ccc(Cl)cc2)NC(=O)N1. The molecule has 1 saturated carbocycles. The van der Waals surface area contributed by atoms with Gasteiger partial charge in [-0.05, 0) is 43.4 Å². The number of carbonyl (C=O) groups is 2. The monoisotopic (exact) mass is 362 g/mol. The minimum Gasteiger partial charge on any atom is -0.462 e. The van der Waals surface area contributed by atoms with Crippen LogP contribution in [-0.4, -0.2) is 18.6 Å². The summed E-state index contributed by atoms with van der Waals surface area (Å²) in [7, 11) is 0. The van der Waals surface area contributed by atoms with Gasteiger partial charge in [0.05, 0.1) is 18.2 Å². The number of urea groups is 1. The standard InChI is InChI=1S/C19H23ClN2O3/c1-12-16(18(23)25-11-13-5-3-2-4-6-13)17(22-19(24)21-12)14-7-9-15(20)10-8-14/h7-10,13,17H,2-6,11H2,1H3,(H2,21,22,24)/t17-/m0/s1. The number of nitrogens with one attached hydrogen (secondary N) is 2. The Kier molecular flexibility index (Phi) is 5.63. The molecule has 1 aromatic rings. The lowest BCUT2D eigenvalue weighted by atomic mass is 9.90. The first-order valence-electron chi connectivity index (χ1n) is 8.75. The van der Waals surface area contributed by atoms with Crippen LogP contribution in [0.3, 0.4) is 0 Å². The second-order valence-corrected chi connectivity index (χ2v) is 7.16. The lowest BCUT2D eigenvalue weighted by Crippen LogP contribution is -2.45. The number of carbonyl (C=O) groups excluding carboxylic acids is 2. The first-order valence-corrected chi connectivity index (χ1v) is 9.13. The summed E-state index contributed by atoms with van der Waals surface area (Å²) in [6.07, 6.45) is 5.90. The maximum Gasteiger partial charge on any atom is 0.338 e. The van der Waals surface area contributed by atoms with Gasteiger partial charge in [0, 0.05) is 10.7 Å².